The first-order valence-electron chi connectivity index (χ1n) is 5.50. The van der Waals surface area contributed by atoms with E-state index in [1.165, 1.54) is 18.2 Å². The maximum absolute atomic E-state index is 13.0. The number of benzene rings is 2. The summed E-state index contributed by atoms with van der Waals surface area (Å²) in [7, 11) is 0. The zero-order chi connectivity index (χ0) is 14.0. The summed E-state index contributed by atoms with van der Waals surface area (Å²) >= 11 is 9.21. The molecule has 2 aromatic carbocycles. The highest BCUT2D eigenvalue weighted by Crippen LogP contribution is 2.25. The number of aryl methyl sites for hydroxylation is 1. The molecule has 0 fully saturated rings. The lowest BCUT2D eigenvalue weighted by atomic mass is 10.1. The Kier molecular flexibility index (Phi) is 4.22. The normalized spacial score (nSPS) is 10.3. The monoisotopic (exact) mass is 341 g/mol. The van der Waals surface area contributed by atoms with Crippen LogP contribution in [0.3, 0.4) is 0 Å². The summed E-state index contributed by atoms with van der Waals surface area (Å²) in [5, 5.41) is 3.06. The van der Waals surface area contributed by atoms with Crippen molar-refractivity contribution in [1.29, 1.82) is 0 Å². The molecule has 0 saturated heterocycles. The third-order valence-electron chi connectivity index (χ3n) is 2.55. The number of nitrogens with one attached hydrogen (secondary N) is 1. The second kappa shape index (κ2) is 5.72. The molecule has 0 radical (unpaired) electrons. The first kappa shape index (κ1) is 14.0. The highest BCUT2D eigenvalue weighted by atomic mass is 79.9. The minimum atomic E-state index is -0.377. The molecule has 0 aliphatic heterocycles. The van der Waals surface area contributed by atoms with Gasteiger partial charge in [-0.25, -0.2) is 4.39 Å². The molecule has 0 unspecified atom stereocenters. The number of halogens is 3. The van der Waals surface area contributed by atoms with E-state index >= 15 is 0 Å². The van der Waals surface area contributed by atoms with E-state index in [0.29, 0.717) is 20.7 Å². The molecule has 5 heteroatoms. The Hall–Kier alpha value is -1.39. The van der Waals surface area contributed by atoms with Gasteiger partial charge in [-0.15, -0.1) is 0 Å². The van der Waals surface area contributed by atoms with Gasteiger partial charge in [0.2, 0.25) is 0 Å². The van der Waals surface area contributed by atoms with Gasteiger partial charge in [0.05, 0.1) is 16.3 Å². The molecule has 2 nitrogen and oxygen atoms in total. The van der Waals surface area contributed by atoms with Crippen molar-refractivity contribution in [2.24, 2.45) is 0 Å². The second-order valence-corrected chi connectivity index (χ2v) is 5.32. The topological polar surface area (TPSA) is 29.1 Å². The third kappa shape index (κ3) is 3.33. The Labute approximate surface area is 123 Å². The lowest BCUT2D eigenvalue weighted by Gasteiger charge is -2.09. The average Bonchev–Trinajstić information content (AvgIpc) is 2.32. The van der Waals surface area contributed by atoms with Crippen molar-refractivity contribution in [2.45, 2.75) is 6.92 Å². The lowest BCUT2D eigenvalue weighted by molar-refractivity contribution is 0.102. The molecule has 0 atom stereocenters. The average molecular weight is 343 g/mol. The Balaban J connectivity index is 2.25. The van der Waals surface area contributed by atoms with E-state index < -0.39 is 0 Å². The van der Waals surface area contributed by atoms with Crippen molar-refractivity contribution >= 4 is 39.1 Å². The summed E-state index contributed by atoms with van der Waals surface area (Å²) in [6.07, 6.45) is 0. The summed E-state index contributed by atoms with van der Waals surface area (Å²) in [5.74, 6) is -0.712. The Morgan fingerprint density at radius 3 is 2.63 bits per heavy atom. The first-order chi connectivity index (χ1) is 8.97. The van der Waals surface area contributed by atoms with Gasteiger partial charge < -0.3 is 5.32 Å². The van der Waals surface area contributed by atoms with Crippen LogP contribution >= 0.6 is 27.5 Å². The van der Waals surface area contributed by atoms with Crippen molar-refractivity contribution in [3.05, 3.63) is 62.8 Å². The van der Waals surface area contributed by atoms with Crippen LogP contribution in [0.5, 0.6) is 0 Å². The van der Waals surface area contributed by atoms with Crippen LogP contribution in [0.25, 0.3) is 0 Å². The lowest BCUT2D eigenvalue weighted by Crippen LogP contribution is -2.13. The zero-order valence-corrected chi connectivity index (χ0v) is 12.3. The molecule has 0 heterocycles. The fourth-order valence-electron chi connectivity index (χ4n) is 1.58. The number of hydrogen-bond donors (Lipinski definition) is 1. The third-order valence-corrected chi connectivity index (χ3v) is 3.52. The fraction of sp³-hybridized carbons (Fsp3) is 0.0714. The minimum Gasteiger partial charge on any atom is -0.321 e. The van der Waals surface area contributed by atoms with Gasteiger partial charge in [-0.3, -0.25) is 4.79 Å². The number of carbonyl (C=O) groups excluding carboxylic acids is 1. The molecule has 0 saturated carbocycles. The molecule has 1 N–H and O–H groups in total. The molecular weight excluding hydrogens is 333 g/mol. The van der Waals surface area contributed by atoms with Gasteiger partial charge >= 0.3 is 0 Å². The van der Waals surface area contributed by atoms with Gasteiger partial charge in [0.1, 0.15) is 5.82 Å². The Bertz CT molecular complexity index is 645. The van der Waals surface area contributed by atoms with Crippen LogP contribution < -0.4 is 5.32 Å². The number of amides is 1. The van der Waals surface area contributed by atoms with E-state index in [-0.39, 0.29) is 11.7 Å². The van der Waals surface area contributed by atoms with Gasteiger partial charge in [0.15, 0.2) is 0 Å². The molecule has 0 aliphatic carbocycles. The van der Waals surface area contributed by atoms with E-state index in [2.05, 4.69) is 21.2 Å². The maximum Gasteiger partial charge on any atom is 0.257 e. The molecule has 0 bridgehead atoms. The smallest absolute Gasteiger partial charge is 0.257 e. The highest BCUT2D eigenvalue weighted by Gasteiger charge is 2.12. The molecule has 19 heavy (non-hydrogen) atoms. The molecule has 2 aromatic rings. The number of hydrogen-bond acceptors (Lipinski definition) is 1. The van der Waals surface area contributed by atoms with Crippen molar-refractivity contribution in [3.63, 3.8) is 0 Å². The quantitative estimate of drug-likeness (QED) is 0.834. The molecule has 2 rings (SSSR count). The fourth-order valence-corrected chi connectivity index (χ4v) is 2.36. The predicted octanol–water partition coefficient (Wildman–Crippen LogP) is 4.80. The number of anilines is 1. The Morgan fingerprint density at radius 1 is 1.26 bits per heavy atom. The van der Waals surface area contributed by atoms with Crippen LogP contribution in [-0.4, -0.2) is 5.91 Å². The van der Waals surface area contributed by atoms with Crippen molar-refractivity contribution in [2.75, 3.05) is 5.32 Å². The molecule has 1 amide bonds. The van der Waals surface area contributed by atoms with Crippen LogP contribution in [0.4, 0.5) is 10.1 Å². The molecule has 98 valence electrons. The van der Waals surface area contributed by atoms with Gasteiger partial charge in [-0.2, -0.15) is 0 Å². The highest BCUT2D eigenvalue weighted by molar-refractivity contribution is 9.10. The van der Waals surface area contributed by atoms with Gasteiger partial charge in [-0.05, 0) is 58.7 Å². The van der Waals surface area contributed by atoms with E-state index in [1.807, 2.05) is 6.92 Å². The van der Waals surface area contributed by atoms with E-state index in [4.69, 9.17) is 11.6 Å². The maximum atomic E-state index is 13.0. The molecule has 0 aromatic heterocycles. The standard InChI is InChI=1S/C14H10BrClFNO/c1-8-2-4-10(12(16)6-8)14(19)18-13-5-3-9(17)7-11(13)15/h2-7H,1H3,(H,18,19). The SMILES string of the molecule is Cc1ccc(C(=O)Nc2ccc(F)cc2Br)c(Cl)c1. The summed E-state index contributed by atoms with van der Waals surface area (Å²) in [4.78, 5) is 12.1. The Morgan fingerprint density at radius 2 is 2.00 bits per heavy atom. The first-order valence-corrected chi connectivity index (χ1v) is 6.67. The molecular formula is C14H10BrClFNO. The number of carbonyl (C=O) groups is 1. The summed E-state index contributed by atoms with van der Waals surface area (Å²) in [6, 6.07) is 9.23. The number of rotatable bonds is 2. The van der Waals surface area contributed by atoms with Crippen molar-refractivity contribution < 1.29 is 9.18 Å². The summed E-state index contributed by atoms with van der Waals surface area (Å²) < 4.78 is 13.4. The van der Waals surface area contributed by atoms with Crippen LogP contribution in [0.1, 0.15) is 15.9 Å². The largest absolute Gasteiger partial charge is 0.321 e. The van der Waals surface area contributed by atoms with Crippen LogP contribution in [-0.2, 0) is 0 Å². The van der Waals surface area contributed by atoms with Crippen molar-refractivity contribution in [1.82, 2.24) is 0 Å². The minimum absolute atomic E-state index is 0.336. The van der Waals surface area contributed by atoms with Crippen LogP contribution in [0.2, 0.25) is 5.02 Å². The van der Waals surface area contributed by atoms with Gasteiger partial charge in [0.25, 0.3) is 5.91 Å². The van der Waals surface area contributed by atoms with Crippen molar-refractivity contribution in [3.8, 4) is 0 Å². The zero-order valence-electron chi connectivity index (χ0n) is 10.0. The second-order valence-electron chi connectivity index (χ2n) is 4.06. The molecule has 0 spiro atoms. The summed E-state index contributed by atoms with van der Waals surface area (Å²) in [6.45, 7) is 1.89. The predicted molar refractivity (Wildman–Crippen MR) is 78.2 cm³/mol. The van der Waals surface area contributed by atoms with Gasteiger partial charge in [0, 0.05) is 4.47 Å². The van der Waals surface area contributed by atoms with E-state index in [0.717, 1.165) is 5.56 Å². The van der Waals surface area contributed by atoms with E-state index in [9.17, 15) is 9.18 Å². The molecule has 0 aliphatic rings. The summed E-state index contributed by atoms with van der Waals surface area (Å²) in [5.41, 5.74) is 1.84. The van der Waals surface area contributed by atoms with Crippen LogP contribution in [0.15, 0.2) is 40.9 Å². The van der Waals surface area contributed by atoms with E-state index in [1.54, 1.807) is 18.2 Å². The van der Waals surface area contributed by atoms with Crippen LogP contribution in [0, 0.1) is 12.7 Å². The van der Waals surface area contributed by atoms with Gasteiger partial charge in [-0.1, -0.05) is 17.7 Å².